The van der Waals surface area contributed by atoms with Crippen LogP contribution in [0.1, 0.15) is 30.9 Å². The number of benzene rings is 7. The largest absolute Gasteiger partial charge is 0.347 e. The highest BCUT2D eigenvalue weighted by Gasteiger charge is 2.19. The molecule has 0 spiro atoms. The van der Waals surface area contributed by atoms with Gasteiger partial charge in [-0.1, -0.05) is 91.7 Å². The fourth-order valence-electron chi connectivity index (χ4n) is 9.06. The van der Waals surface area contributed by atoms with Crippen molar-refractivity contribution in [2.45, 2.75) is 33.1 Å². The number of rotatable bonds is 7. The maximum atomic E-state index is 3.56. The van der Waals surface area contributed by atoms with Crippen LogP contribution in [-0.4, -0.2) is 18.7 Å². The summed E-state index contributed by atoms with van der Waals surface area (Å²) < 4.78 is 7.26. The SMILES string of the molecule is CCCCc1ccc2c(c1)c1cc(C)ccc1n2-c1ccc2c(c1)c1ccccc1n2-c1cccc(-n2c3ccc(-c4ccccc4)cc3c3cc[nH]c32)c1. The number of aromatic amines is 1. The fourth-order valence-corrected chi connectivity index (χ4v) is 9.06. The van der Waals surface area contributed by atoms with Crippen molar-refractivity contribution in [3.63, 3.8) is 0 Å². The number of unbranched alkanes of at least 4 members (excludes halogenated alkanes) is 1. The van der Waals surface area contributed by atoms with E-state index in [1.807, 2.05) is 6.20 Å². The first-order chi connectivity index (χ1) is 27.1. The second kappa shape index (κ2) is 12.4. The van der Waals surface area contributed by atoms with Gasteiger partial charge in [-0.3, -0.25) is 4.57 Å². The van der Waals surface area contributed by atoms with Gasteiger partial charge in [0.15, 0.2) is 0 Å². The van der Waals surface area contributed by atoms with Crippen LogP contribution < -0.4 is 0 Å². The molecule has 0 bridgehead atoms. The molecular weight excluding hydrogens is 669 g/mol. The van der Waals surface area contributed by atoms with Gasteiger partial charge in [0, 0.05) is 55.6 Å². The van der Waals surface area contributed by atoms with E-state index in [4.69, 9.17) is 0 Å². The molecule has 0 atom stereocenters. The Bertz CT molecular complexity index is 3260. The lowest BCUT2D eigenvalue weighted by Crippen LogP contribution is -1.99. The van der Waals surface area contributed by atoms with Crippen LogP contribution in [0.4, 0.5) is 0 Å². The average Bonchev–Trinajstić information content (AvgIpc) is 3.99. The highest BCUT2D eigenvalue weighted by atomic mass is 15.1. The second-order valence-electron chi connectivity index (χ2n) is 15.1. The van der Waals surface area contributed by atoms with Crippen LogP contribution in [0.2, 0.25) is 0 Å². The Kier molecular flexibility index (Phi) is 7.15. The second-order valence-corrected chi connectivity index (χ2v) is 15.1. The van der Waals surface area contributed by atoms with Crippen LogP contribution in [0.5, 0.6) is 0 Å². The van der Waals surface area contributed by atoms with Gasteiger partial charge in [0.1, 0.15) is 5.65 Å². The molecule has 55 heavy (non-hydrogen) atoms. The minimum atomic E-state index is 1.10. The first-order valence-electron chi connectivity index (χ1n) is 19.5. The first kappa shape index (κ1) is 31.7. The molecule has 0 aliphatic rings. The van der Waals surface area contributed by atoms with Crippen molar-refractivity contribution in [3.05, 3.63) is 175 Å². The number of nitrogens with zero attached hydrogens (tertiary/aromatic N) is 3. The van der Waals surface area contributed by atoms with Crippen LogP contribution in [0.3, 0.4) is 0 Å². The Hall–Kier alpha value is -6.78. The Balaban J connectivity index is 1.08. The average molecular weight is 709 g/mol. The maximum Gasteiger partial charge on any atom is 0.123 e. The third-order valence-electron chi connectivity index (χ3n) is 11.6. The summed E-state index contributed by atoms with van der Waals surface area (Å²) in [4.78, 5) is 3.56. The first-order valence-corrected chi connectivity index (χ1v) is 19.5. The number of fused-ring (bicyclic) bond motifs is 9. The van der Waals surface area contributed by atoms with Crippen LogP contribution in [0.15, 0.2) is 164 Å². The molecule has 0 unspecified atom stereocenters. The molecule has 0 aliphatic carbocycles. The zero-order valence-corrected chi connectivity index (χ0v) is 31.1. The molecule has 0 amide bonds. The molecule has 4 heteroatoms. The summed E-state index contributed by atoms with van der Waals surface area (Å²) in [5.74, 6) is 0. The number of aromatic nitrogens is 4. The molecule has 4 heterocycles. The van der Waals surface area contributed by atoms with Gasteiger partial charge >= 0.3 is 0 Å². The van der Waals surface area contributed by atoms with Crippen molar-refractivity contribution in [3.8, 4) is 28.2 Å². The van der Waals surface area contributed by atoms with E-state index in [2.05, 4.69) is 190 Å². The van der Waals surface area contributed by atoms with Crippen molar-refractivity contribution < 1.29 is 0 Å². The monoisotopic (exact) mass is 708 g/mol. The van der Waals surface area contributed by atoms with E-state index in [0.29, 0.717) is 0 Å². The molecule has 0 fully saturated rings. The normalized spacial score (nSPS) is 12.0. The molecule has 11 aromatic rings. The summed E-state index contributed by atoms with van der Waals surface area (Å²) in [7, 11) is 0. The van der Waals surface area contributed by atoms with Gasteiger partial charge in [0.05, 0.1) is 27.6 Å². The third kappa shape index (κ3) is 4.91. The number of nitrogens with one attached hydrogen (secondary N) is 1. The number of hydrogen-bond acceptors (Lipinski definition) is 0. The van der Waals surface area contributed by atoms with E-state index in [0.717, 1.165) is 23.4 Å². The van der Waals surface area contributed by atoms with Crippen molar-refractivity contribution in [1.82, 2.24) is 18.7 Å². The summed E-state index contributed by atoms with van der Waals surface area (Å²) in [6.45, 7) is 4.46. The zero-order chi connectivity index (χ0) is 36.6. The highest BCUT2D eigenvalue weighted by molar-refractivity contribution is 6.13. The fraction of sp³-hybridized carbons (Fsp3) is 0.0980. The topological polar surface area (TPSA) is 30.6 Å². The molecule has 0 radical (unpaired) electrons. The van der Waals surface area contributed by atoms with Crippen LogP contribution in [0.25, 0.3) is 93.7 Å². The van der Waals surface area contributed by atoms with Gasteiger partial charge in [0.25, 0.3) is 0 Å². The van der Waals surface area contributed by atoms with Gasteiger partial charge in [-0.2, -0.15) is 0 Å². The van der Waals surface area contributed by atoms with Crippen LogP contribution in [-0.2, 0) is 6.42 Å². The van der Waals surface area contributed by atoms with E-state index < -0.39 is 0 Å². The van der Waals surface area contributed by atoms with Crippen molar-refractivity contribution in [1.29, 1.82) is 0 Å². The van der Waals surface area contributed by atoms with Crippen LogP contribution >= 0.6 is 0 Å². The summed E-state index contributed by atoms with van der Waals surface area (Å²) in [6.07, 6.45) is 5.57. The molecule has 264 valence electrons. The highest BCUT2D eigenvalue weighted by Crippen LogP contribution is 2.39. The predicted octanol–water partition coefficient (Wildman–Crippen LogP) is 13.6. The van der Waals surface area contributed by atoms with Gasteiger partial charge in [-0.05, 0) is 121 Å². The van der Waals surface area contributed by atoms with Gasteiger partial charge in [-0.15, -0.1) is 0 Å². The lowest BCUT2D eigenvalue weighted by molar-refractivity contribution is 0.796. The summed E-state index contributed by atoms with van der Waals surface area (Å²) in [5, 5.41) is 7.60. The Morgan fingerprint density at radius 2 is 1.07 bits per heavy atom. The Labute approximate surface area is 319 Å². The number of para-hydroxylation sites is 1. The van der Waals surface area contributed by atoms with E-state index in [9.17, 15) is 0 Å². The molecule has 0 saturated carbocycles. The smallest absolute Gasteiger partial charge is 0.123 e. The van der Waals surface area contributed by atoms with E-state index in [-0.39, 0.29) is 0 Å². The summed E-state index contributed by atoms with van der Waals surface area (Å²) >= 11 is 0. The minimum absolute atomic E-state index is 1.10. The maximum absolute atomic E-state index is 3.56. The zero-order valence-electron chi connectivity index (χ0n) is 31.1. The molecule has 11 rings (SSSR count). The number of H-pyrrole nitrogens is 1. The van der Waals surface area contributed by atoms with Gasteiger partial charge in [-0.25, -0.2) is 0 Å². The predicted molar refractivity (Wildman–Crippen MR) is 233 cm³/mol. The lowest BCUT2D eigenvalue weighted by atomic mass is 10.0. The minimum Gasteiger partial charge on any atom is -0.347 e. The molecule has 4 nitrogen and oxygen atoms in total. The van der Waals surface area contributed by atoms with Gasteiger partial charge in [0.2, 0.25) is 0 Å². The number of hydrogen-bond donors (Lipinski definition) is 1. The lowest BCUT2D eigenvalue weighted by Gasteiger charge is -2.13. The Morgan fingerprint density at radius 3 is 1.91 bits per heavy atom. The van der Waals surface area contributed by atoms with E-state index >= 15 is 0 Å². The van der Waals surface area contributed by atoms with Gasteiger partial charge < -0.3 is 14.1 Å². The molecule has 0 saturated heterocycles. The molecule has 7 aromatic carbocycles. The number of aryl methyl sites for hydroxylation is 2. The summed E-state index contributed by atoms with van der Waals surface area (Å²) in [5.41, 5.74) is 15.7. The standard InChI is InChI=1S/C51H40N4/c1-3-4-11-34-19-23-48-43(29-34)42-28-33(2)18-22-47(42)54(48)39-21-25-49-45(32-39)40-16-8-9-17-46(40)53(49)37-14-10-15-38(31-37)55-50-24-20-36(35-12-6-5-7-13-35)30-44(50)41-26-27-52-51(41)55/h5-10,12-32,52H,3-4,11H2,1-2H3. The van der Waals surface area contributed by atoms with Crippen molar-refractivity contribution >= 4 is 65.5 Å². The summed E-state index contributed by atoms with van der Waals surface area (Å²) in [6, 6.07) is 58.5. The molecule has 0 aliphatic heterocycles. The van der Waals surface area contributed by atoms with E-state index in [1.54, 1.807) is 0 Å². The molecular formula is C51H40N4. The molecule has 1 N–H and O–H groups in total. The van der Waals surface area contributed by atoms with Crippen LogP contribution in [0, 0.1) is 6.92 Å². The van der Waals surface area contributed by atoms with E-state index in [1.165, 1.54) is 101 Å². The Morgan fingerprint density at radius 1 is 0.436 bits per heavy atom. The third-order valence-corrected chi connectivity index (χ3v) is 11.6. The van der Waals surface area contributed by atoms with Crippen molar-refractivity contribution in [2.75, 3.05) is 0 Å². The quantitative estimate of drug-likeness (QED) is 0.171. The van der Waals surface area contributed by atoms with Crippen molar-refractivity contribution in [2.24, 2.45) is 0 Å². The molecule has 4 aromatic heterocycles.